The van der Waals surface area contributed by atoms with Crippen molar-refractivity contribution in [3.63, 3.8) is 0 Å². The second-order valence-electron chi connectivity index (χ2n) is 7.47. The Morgan fingerprint density at radius 1 is 0.933 bits per heavy atom. The third-order valence-corrected chi connectivity index (χ3v) is 5.08. The molecule has 5 nitrogen and oxygen atoms in total. The van der Waals surface area contributed by atoms with Gasteiger partial charge < -0.3 is 15.7 Å². The van der Waals surface area contributed by atoms with Crippen LogP contribution in [0.25, 0.3) is 0 Å². The van der Waals surface area contributed by atoms with Gasteiger partial charge in [0.2, 0.25) is 0 Å². The van der Waals surface area contributed by atoms with Crippen LogP contribution in [0.1, 0.15) is 44.4 Å². The van der Waals surface area contributed by atoms with Crippen LogP contribution in [-0.4, -0.2) is 42.1 Å². The molecule has 3 N–H and O–H groups in total. The van der Waals surface area contributed by atoms with Gasteiger partial charge in [0.15, 0.2) is 5.96 Å². The van der Waals surface area contributed by atoms with Crippen molar-refractivity contribution in [2.45, 2.75) is 46.4 Å². The van der Waals surface area contributed by atoms with Crippen molar-refractivity contribution in [1.82, 2.24) is 15.5 Å². The molecular formula is C24H37IN4O. The zero-order chi connectivity index (χ0) is 21.1. The number of aliphatic imine (C=N–C) groups is 1. The summed E-state index contributed by atoms with van der Waals surface area (Å²) < 4.78 is 0. The summed E-state index contributed by atoms with van der Waals surface area (Å²) in [6.07, 6.45) is 0. The zero-order valence-electron chi connectivity index (χ0n) is 18.7. The first-order valence-corrected chi connectivity index (χ1v) is 10.6. The van der Waals surface area contributed by atoms with Gasteiger partial charge in [-0.3, -0.25) is 4.90 Å². The number of nitrogens with one attached hydrogen (secondary N) is 2. The quantitative estimate of drug-likeness (QED) is 0.249. The van der Waals surface area contributed by atoms with Crippen molar-refractivity contribution in [2.75, 3.05) is 26.2 Å². The second-order valence-corrected chi connectivity index (χ2v) is 7.47. The first kappa shape index (κ1) is 26.4. The van der Waals surface area contributed by atoms with E-state index in [1.54, 1.807) is 0 Å². The van der Waals surface area contributed by atoms with Crippen LogP contribution < -0.4 is 10.6 Å². The molecule has 0 aliphatic heterocycles. The highest BCUT2D eigenvalue weighted by atomic mass is 127. The first-order valence-electron chi connectivity index (χ1n) is 10.6. The maximum Gasteiger partial charge on any atom is 0.191 e. The summed E-state index contributed by atoms with van der Waals surface area (Å²) in [5, 5.41) is 17.3. The van der Waals surface area contributed by atoms with Crippen molar-refractivity contribution in [2.24, 2.45) is 4.99 Å². The number of hydrogen-bond acceptors (Lipinski definition) is 3. The fraction of sp³-hybridized carbons (Fsp3) is 0.458. The minimum Gasteiger partial charge on any atom is -0.384 e. The Hall–Kier alpha value is -1.64. The van der Waals surface area contributed by atoms with Gasteiger partial charge in [-0.05, 0) is 43.6 Å². The lowest BCUT2D eigenvalue weighted by Crippen LogP contribution is -2.44. The van der Waals surface area contributed by atoms with Gasteiger partial charge in [0.25, 0.3) is 0 Å². The number of guanidine groups is 1. The summed E-state index contributed by atoms with van der Waals surface area (Å²) in [6.45, 7) is 13.1. The Labute approximate surface area is 199 Å². The van der Waals surface area contributed by atoms with E-state index in [1.165, 1.54) is 11.1 Å². The van der Waals surface area contributed by atoms with Crippen molar-refractivity contribution < 1.29 is 5.11 Å². The maximum absolute atomic E-state index is 10.8. The summed E-state index contributed by atoms with van der Waals surface area (Å²) >= 11 is 0. The van der Waals surface area contributed by atoms with Crippen LogP contribution in [0, 0.1) is 0 Å². The van der Waals surface area contributed by atoms with Gasteiger partial charge in [-0.2, -0.15) is 0 Å². The normalized spacial score (nSPS) is 13.5. The predicted octanol–water partition coefficient (Wildman–Crippen LogP) is 4.11. The molecule has 0 spiro atoms. The summed E-state index contributed by atoms with van der Waals surface area (Å²) in [4.78, 5) is 7.08. The lowest BCUT2D eigenvalue weighted by Gasteiger charge is -2.25. The molecule has 1 unspecified atom stereocenters. The fourth-order valence-corrected chi connectivity index (χ4v) is 3.12. The third-order valence-electron chi connectivity index (χ3n) is 5.08. The molecule has 1 atom stereocenters. The Bertz CT molecular complexity index is 744. The lowest BCUT2D eigenvalue weighted by atomic mass is 9.96. The highest BCUT2D eigenvalue weighted by Crippen LogP contribution is 2.18. The van der Waals surface area contributed by atoms with Crippen molar-refractivity contribution in [3.05, 3.63) is 71.3 Å². The Balaban J connectivity index is 0.00000450. The summed E-state index contributed by atoms with van der Waals surface area (Å²) in [5.41, 5.74) is 2.40. The SMILES string of the molecule is CCNC(=NCc1ccc(CN(CC)CC)cc1)NCC(C)(O)c1ccccc1.I. The second kappa shape index (κ2) is 13.6. The highest BCUT2D eigenvalue weighted by Gasteiger charge is 2.22. The highest BCUT2D eigenvalue weighted by molar-refractivity contribution is 14.0. The van der Waals surface area contributed by atoms with Crippen LogP contribution in [0.2, 0.25) is 0 Å². The number of hydrogen-bond donors (Lipinski definition) is 3. The zero-order valence-corrected chi connectivity index (χ0v) is 21.0. The molecule has 0 heterocycles. The van der Waals surface area contributed by atoms with E-state index in [1.807, 2.05) is 44.2 Å². The molecule has 0 bridgehead atoms. The summed E-state index contributed by atoms with van der Waals surface area (Å²) in [7, 11) is 0. The van der Waals surface area contributed by atoms with Crippen LogP contribution >= 0.6 is 24.0 Å². The molecular weight excluding hydrogens is 487 g/mol. The molecule has 0 aromatic heterocycles. The predicted molar refractivity (Wildman–Crippen MR) is 137 cm³/mol. The van der Waals surface area contributed by atoms with E-state index < -0.39 is 5.60 Å². The third kappa shape index (κ3) is 8.62. The fourth-order valence-electron chi connectivity index (χ4n) is 3.12. The van der Waals surface area contributed by atoms with E-state index in [0.717, 1.165) is 31.7 Å². The molecule has 6 heteroatoms. The largest absolute Gasteiger partial charge is 0.384 e. The molecule has 30 heavy (non-hydrogen) atoms. The van der Waals surface area contributed by atoms with Crippen molar-refractivity contribution in [3.8, 4) is 0 Å². The lowest BCUT2D eigenvalue weighted by molar-refractivity contribution is 0.0617. The van der Waals surface area contributed by atoms with Crippen LogP contribution in [0.15, 0.2) is 59.6 Å². The van der Waals surface area contributed by atoms with E-state index >= 15 is 0 Å². The molecule has 166 valence electrons. The van der Waals surface area contributed by atoms with E-state index in [9.17, 15) is 5.11 Å². The first-order chi connectivity index (χ1) is 14.0. The average Bonchev–Trinajstić information content (AvgIpc) is 2.75. The standard InChI is InChI=1S/C24H36N4O.HI/c1-5-25-23(27-19-24(4,29)22-11-9-8-10-12-22)26-17-20-13-15-21(16-14-20)18-28(6-2)7-3;/h8-16,29H,5-7,17-19H2,1-4H3,(H2,25,26,27);1H. The van der Waals surface area contributed by atoms with E-state index in [4.69, 9.17) is 0 Å². The van der Waals surface area contributed by atoms with Gasteiger partial charge in [-0.15, -0.1) is 24.0 Å². The molecule has 0 amide bonds. The molecule has 0 saturated heterocycles. The van der Waals surface area contributed by atoms with Crippen LogP contribution in [0.4, 0.5) is 0 Å². The molecule has 0 aliphatic rings. The molecule has 2 aromatic carbocycles. The summed E-state index contributed by atoms with van der Waals surface area (Å²) in [6, 6.07) is 18.4. The number of nitrogens with zero attached hydrogens (tertiary/aromatic N) is 2. The number of halogens is 1. The smallest absolute Gasteiger partial charge is 0.191 e. The van der Waals surface area contributed by atoms with E-state index in [2.05, 4.69) is 58.6 Å². The molecule has 0 radical (unpaired) electrons. The molecule has 2 rings (SSSR count). The van der Waals surface area contributed by atoms with Gasteiger partial charge in [0, 0.05) is 13.1 Å². The summed E-state index contributed by atoms with van der Waals surface area (Å²) in [5.74, 6) is 0.705. The van der Waals surface area contributed by atoms with Crippen LogP contribution in [0.5, 0.6) is 0 Å². The van der Waals surface area contributed by atoms with Gasteiger partial charge in [0.05, 0.1) is 13.1 Å². The molecule has 2 aromatic rings. The van der Waals surface area contributed by atoms with E-state index in [-0.39, 0.29) is 24.0 Å². The topological polar surface area (TPSA) is 59.9 Å². The Morgan fingerprint density at radius 3 is 2.10 bits per heavy atom. The van der Waals surface area contributed by atoms with Gasteiger partial charge in [-0.25, -0.2) is 4.99 Å². The number of rotatable bonds is 10. The van der Waals surface area contributed by atoms with Crippen molar-refractivity contribution >= 4 is 29.9 Å². The van der Waals surface area contributed by atoms with Crippen molar-refractivity contribution in [1.29, 1.82) is 0 Å². The maximum atomic E-state index is 10.8. The molecule has 0 aliphatic carbocycles. The van der Waals surface area contributed by atoms with Gasteiger partial charge >= 0.3 is 0 Å². The van der Waals surface area contributed by atoms with Gasteiger partial charge in [-0.1, -0.05) is 68.4 Å². The van der Waals surface area contributed by atoms with Crippen LogP contribution in [-0.2, 0) is 18.7 Å². The molecule has 0 saturated carbocycles. The Kier molecular flexibility index (Phi) is 12.0. The average molecular weight is 524 g/mol. The monoisotopic (exact) mass is 524 g/mol. The Morgan fingerprint density at radius 2 is 1.53 bits per heavy atom. The van der Waals surface area contributed by atoms with Crippen LogP contribution in [0.3, 0.4) is 0 Å². The minimum absolute atomic E-state index is 0. The minimum atomic E-state index is -0.969. The van der Waals surface area contributed by atoms with Gasteiger partial charge in [0.1, 0.15) is 5.60 Å². The van der Waals surface area contributed by atoms with E-state index in [0.29, 0.717) is 19.0 Å². The number of benzene rings is 2. The molecule has 0 fully saturated rings. The number of aliphatic hydroxyl groups is 1.